The van der Waals surface area contributed by atoms with E-state index in [2.05, 4.69) is 0 Å². The molecular weight excluding hydrogens is 420 g/mol. The number of hydrogen-bond acceptors (Lipinski definition) is 7. The van der Waals surface area contributed by atoms with Crippen molar-refractivity contribution in [1.29, 1.82) is 0 Å². The number of ketones is 1. The molecule has 0 aromatic rings. The second-order valence-electron chi connectivity index (χ2n) is 7.44. The summed E-state index contributed by atoms with van der Waals surface area (Å²) in [5, 5.41) is 0. The molecule has 1 aliphatic rings. The molecule has 0 spiro atoms. The third-order valence-corrected chi connectivity index (χ3v) is 9.54. The quantitative estimate of drug-likeness (QED) is 0.411. The van der Waals surface area contributed by atoms with Crippen LogP contribution in [0.5, 0.6) is 0 Å². The highest BCUT2D eigenvalue weighted by molar-refractivity contribution is 8.10. The first-order valence-corrected chi connectivity index (χ1v) is 11.8. The van der Waals surface area contributed by atoms with Crippen molar-refractivity contribution < 1.29 is 39.9 Å². The maximum Gasteiger partial charge on any atom is 0.460 e. The zero-order chi connectivity index (χ0) is 22.1. The summed E-state index contributed by atoms with van der Waals surface area (Å²) in [5.74, 6) is -4.24. The van der Waals surface area contributed by atoms with Gasteiger partial charge in [-0.05, 0) is 33.6 Å². The van der Waals surface area contributed by atoms with Gasteiger partial charge in [0.25, 0.3) is 19.9 Å². The van der Waals surface area contributed by atoms with Gasteiger partial charge in [0.2, 0.25) is 4.75 Å². The largest absolute Gasteiger partial charge is 0.461 e. The fourth-order valence-electron chi connectivity index (χ4n) is 2.85. The van der Waals surface area contributed by atoms with Gasteiger partial charge >= 0.3 is 10.6 Å². The molecule has 28 heavy (non-hydrogen) atoms. The van der Waals surface area contributed by atoms with E-state index in [9.17, 15) is 26.4 Å². The monoisotopic (exact) mass is 447 g/mol. The molecule has 0 bridgehead atoms. The normalized spacial score (nSPS) is 19.5. The number of nitrogens with zero attached hydrogens (tertiary/aromatic N) is 1. The van der Waals surface area contributed by atoms with Gasteiger partial charge in [0.15, 0.2) is 5.78 Å². The molecule has 1 aliphatic heterocycles. The lowest BCUT2D eigenvalue weighted by Gasteiger charge is -2.34. The number of alkyl halides is 2. The summed E-state index contributed by atoms with van der Waals surface area (Å²) in [4.78, 5) is 25.0. The first-order valence-electron chi connectivity index (χ1n) is 8.92. The van der Waals surface area contributed by atoms with Crippen LogP contribution in [-0.4, -0.2) is 61.4 Å². The van der Waals surface area contributed by atoms with E-state index in [-0.39, 0.29) is 13.1 Å². The third kappa shape index (κ3) is 3.95. The molecule has 1 unspecified atom stereocenters. The molecule has 0 amide bonds. The Kier molecular flexibility index (Phi) is 7.39. The Morgan fingerprint density at radius 2 is 1.43 bits per heavy atom. The molecule has 0 aromatic carbocycles. The molecule has 0 radical (unpaired) electrons. The van der Waals surface area contributed by atoms with Crippen molar-refractivity contribution in [3.05, 3.63) is 0 Å². The lowest BCUT2D eigenvalue weighted by Crippen LogP contribution is -2.62. The number of carbonyl (C=O) groups excluding carboxylic acids is 2. The first kappa shape index (κ1) is 24.9. The van der Waals surface area contributed by atoms with E-state index in [0.717, 1.165) is 0 Å². The zero-order valence-electron chi connectivity index (χ0n) is 16.6. The van der Waals surface area contributed by atoms with Crippen LogP contribution < -0.4 is 0 Å². The molecule has 1 rings (SSSR count). The van der Waals surface area contributed by atoms with Gasteiger partial charge in [-0.25, -0.2) is 21.6 Å². The minimum Gasteiger partial charge on any atom is -0.461 e. The van der Waals surface area contributed by atoms with Crippen LogP contribution in [0.4, 0.5) is 8.78 Å². The predicted molar refractivity (Wildman–Crippen MR) is 97.7 cm³/mol. The van der Waals surface area contributed by atoms with Crippen LogP contribution >= 0.6 is 0 Å². The van der Waals surface area contributed by atoms with E-state index in [4.69, 9.17) is 4.74 Å². The van der Waals surface area contributed by atoms with E-state index in [0.29, 0.717) is 30.5 Å². The lowest BCUT2D eigenvalue weighted by molar-refractivity contribution is -0.153. The summed E-state index contributed by atoms with van der Waals surface area (Å²) in [6, 6.07) is 0. The standard InChI is InChI=1S/C16H27F2NO7S2/c1-11(2)13(20)15(5,14(21)26-12(3)4)27(22,23)16(17,18)28(24,25)19-9-7-6-8-10-19/h11-12H,6-10H2,1-5H3. The van der Waals surface area contributed by atoms with Gasteiger partial charge in [0, 0.05) is 19.0 Å². The van der Waals surface area contributed by atoms with Crippen LogP contribution in [0.2, 0.25) is 0 Å². The minimum absolute atomic E-state index is 0.265. The summed E-state index contributed by atoms with van der Waals surface area (Å²) in [7, 11) is -11.9. The summed E-state index contributed by atoms with van der Waals surface area (Å²) in [5.41, 5.74) is 0. The summed E-state index contributed by atoms with van der Waals surface area (Å²) < 4.78 is 77.0. The van der Waals surface area contributed by atoms with Crippen molar-refractivity contribution in [2.75, 3.05) is 13.1 Å². The van der Waals surface area contributed by atoms with Gasteiger partial charge in [-0.15, -0.1) is 0 Å². The number of esters is 1. The SMILES string of the molecule is CC(C)OC(=O)C(C)(C(=O)C(C)C)S(=O)(=O)C(F)(F)S(=O)(=O)N1CCCCC1. The minimum atomic E-state index is -6.18. The van der Waals surface area contributed by atoms with Crippen LogP contribution in [0.15, 0.2) is 0 Å². The van der Waals surface area contributed by atoms with Gasteiger partial charge in [0.1, 0.15) is 0 Å². The average Bonchev–Trinajstić information content (AvgIpc) is 2.59. The van der Waals surface area contributed by atoms with Crippen molar-refractivity contribution in [2.45, 2.75) is 69.3 Å². The van der Waals surface area contributed by atoms with Gasteiger partial charge in [-0.2, -0.15) is 13.1 Å². The molecular formula is C16H27F2NO7S2. The Labute approximate surface area is 164 Å². The van der Waals surface area contributed by atoms with E-state index >= 15 is 8.78 Å². The van der Waals surface area contributed by atoms with Crippen molar-refractivity contribution in [1.82, 2.24) is 4.31 Å². The number of rotatable bonds is 8. The van der Waals surface area contributed by atoms with E-state index < -0.39 is 53.0 Å². The fourth-order valence-corrected chi connectivity index (χ4v) is 7.06. The molecule has 164 valence electrons. The predicted octanol–water partition coefficient (Wildman–Crippen LogP) is 1.70. The maximum absolute atomic E-state index is 15.0. The molecule has 12 heteroatoms. The molecule has 0 saturated carbocycles. The maximum atomic E-state index is 15.0. The number of piperidine rings is 1. The highest BCUT2D eigenvalue weighted by Crippen LogP contribution is 2.41. The van der Waals surface area contributed by atoms with Gasteiger partial charge in [-0.3, -0.25) is 4.79 Å². The molecule has 1 fully saturated rings. The number of sulfonamides is 1. The Morgan fingerprint density at radius 3 is 1.82 bits per heavy atom. The highest BCUT2D eigenvalue weighted by atomic mass is 32.3. The summed E-state index contributed by atoms with van der Waals surface area (Å²) >= 11 is 0. The molecule has 1 heterocycles. The second-order valence-corrected chi connectivity index (χ2v) is 12.0. The van der Waals surface area contributed by atoms with E-state index in [1.54, 1.807) is 0 Å². The fraction of sp³-hybridized carbons (Fsp3) is 0.875. The van der Waals surface area contributed by atoms with E-state index in [1.165, 1.54) is 27.7 Å². The molecule has 1 atom stereocenters. The topological polar surface area (TPSA) is 115 Å². The third-order valence-electron chi connectivity index (χ3n) is 4.53. The second kappa shape index (κ2) is 8.31. The number of halogens is 2. The number of carbonyl (C=O) groups is 2. The highest BCUT2D eigenvalue weighted by Gasteiger charge is 2.71. The molecule has 0 aliphatic carbocycles. The van der Waals surface area contributed by atoms with Crippen molar-refractivity contribution in [3.63, 3.8) is 0 Å². The Balaban J connectivity index is 3.62. The number of ether oxygens (including phenoxy) is 1. The smallest absolute Gasteiger partial charge is 0.460 e. The van der Waals surface area contributed by atoms with Crippen LogP contribution in [0.1, 0.15) is 53.9 Å². The lowest BCUT2D eigenvalue weighted by atomic mass is 9.96. The molecule has 1 saturated heterocycles. The van der Waals surface area contributed by atoms with Gasteiger partial charge in [-0.1, -0.05) is 20.3 Å². The molecule has 8 nitrogen and oxygen atoms in total. The average molecular weight is 448 g/mol. The Bertz CT molecular complexity index is 816. The van der Waals surface area contributed by atoms with Crippen molar-refractivity contribution in [3.8, 4) is 0 Å². The van der Waals surface area contributed by atoms with Crippen molar-refractivity contribution in [2.24, 2.45) is 5.92 Å². The summed E-state index contributed by atoms with van der Waals surface area (Å²) in [6.45, 7) is 5.07. The Hall–Kier alpha value is -1.14. The number of hydrogen-bond donors (Lipinski definition) is 0. The van der Waals surface area contributed by atoms with Crippen molar-refractivity contribution >= 4 is 31.6 Å². The number of Topliss-reactive ketones (excluding diaryl/α,β-unsaturated/α-hetero) is 1. The summed E-state index contributed by atoms with van der Waals surface area (Å²) in [6.07, 6.45) is 0.309. The van der Waals surface area contributed by atoms with Crippen LogP contribution in [-0.2, 0) is 34.2 Å². The van der Waals surface area contributed by atoms with Crippen LogP contribution in [0, 0.1) is 5.92 Å². The van der Waals surface area contributed by atoms with E-state index in [1.807, 2.05) is 0 Å². The van der Waals surface area contributed by atoms with Gasteiger partial charge in [0.05, 0.1) is 6.10 Å². The molecule has 0 aromatic heterocycles. The molecule has 0 N–H and O–H groups in total. The zero-order valence-corrected chi connectivity index (χ0v) is 18.2. The first-order chi connectivity index (χ1) is 12.5. The van der Waals surface area contributed by atoms with Crippen LogP contribution in [0.3, 0.4) is 0 Å². The number of sulfone groups is 1. The van der Waals surface area contributed by atoms with Gasteiger partial charge < -0.3 is 4.74 Å². The Morgan fingerprint density at radius 1 is 0.964 bits per heavy atom. The van der Waals surface area contributed by atoms with Crippen LogP contribution in [0.25, 0.3) is 0 Å².